The maximum atomic E-state index is 12.2. The van der Waals surface area contributed by atoms with Crippen LogP contribution in [-0.2, 0) is 9.59 Å². The lowest BCUT2D eigenvalue weighted by Crippen LogP contribution is -2.42. The molecule has 118 valence electrons. The Morgan fingerprint density at radius 2 is 1.10 bits per heavy atom. The summed E-state index contributed by atoms with van der Waals surface area (Å²) in [7, 11) is 0. The van der Waals surface area contributed by atoms with Crippen LogP contribution in [-0.4, -0.2) is 24.2 Å². The van der Waals surface area contributed by atoms with E-state index in [4.69, 9.17) is 11.5 Å². The molecule has 0 heterocycles. The van der Waals surface area contributed by atoms with Crippen LogP contribution in [0.3, 0.4) is 0 Å². The zero-order valence-electron chi connectivity index (χ0n) is 10.3. The number of alkyl halides is 6. The van der Waals surface area contributed by atoms with Gasteiger partial charge in [0.2, 0.25) is 11.8 Å². The highest BCUT2D eigenvalue weighted by Gasteiger charge is 2.44. The van der Waals surface area contributed by atoms with Crippen molar-refractivity contribution in [3.8, 4) is 0 Å². The van der Waals surface area contributed by atoms with E-state index in [-0.39, 0.29) is 0 Å². The van der Waals surface area contributed by atoms with Crippen LogP contribution in [0.5, 0.6) is 0 Å². The maximum absolute atomic E-state index is 12.2. The topological polar surface area (TPSA) is 86.2 Å². The number of primary amides is 2. The molecule has 2 amide bonds. The monoisotopic (exact) mass is 308 g/mol. The van der Waals surface area contributed by atoms with E-state index >= 15 is 0 Å². The molecule has 20 heavy (non-hydrogen) atoms. The molecular formula is C10H14F6N2O2. The number of hydrogen-bond donors (Lipinski definition) is 2. The summed E-state index contributed by atoms with van der Waals surface area (Å²) < 4.78 is 73.0. The Morgan fingerprint density at radius 3 is 1.30 bits per heavy atom. The van der Waals surface area contributed by atoms with Gasteiger partial charge in [0.05, 0.1) is 5.41 Å². The van der Waals surface area contributed by atoms with Crippen molar-refractivity contribution in [2.24, 2.45) is 16.9 Å². The lowest BCUT2D eigenvalue weighted by Gasteiger charge is -2.30. The third-order valence-corrected chi connectivity index (χ3v) is 2.81. The molecule has 0 radical (unpaired) electrons. The normalized spacial score (nSPS) is 13.3. The van der Waals surface area contributed by atoms with Crippen molar-refractivity contribution in [3.05, 3.63) is 0 Å². The molecule has 4 N–H and O–H groups in total. The summed E-state index contributed by atoms with van der Waals surface area (Å²) in [4.78, 5) is 22.1. The van der Waals surface area contributed by atoms with Gasteiger partial charge in [-0.2, -0.15) is 26.3 Å². The van der Waals surface area contributed by atoms with Gasteiger partial charge < -0.3 is 11.5 Å². The van der Waals surface area contributed by atoms with Crippen LogP contribution < -0.4 is 11.5 Å². The van der Waals surface area contributed by atoms with Crippen molar-refractivity contribution < 1.29 is 35.9 Å². The highest BCUT2D eigenvalue weighted by molar-refractivity contribution is 5.87. The predicted octanol–water partition coefficient (Wildman–Crippen LogP) is 2.02. The molecule has 0 fully saturated rings. The molecular weight excluding hydrogens is 294 g/mol. The van der Waals surface area contributed by atoms with Crippen LogP contribution in [0, 0.1) is 5.41 Å². The average molecular weight is 308 g/mol. The zero-order valence-corrected chi connectivity index (χ0v) is 10.3. The largest absolute Gasteiger partial charge is 0.389 e. The van der Waals surface area contributed by atoms with Gasteiger partial charge in [-0.15, -0.1) is 0 Å². The minimum Gasteiger partial charge on any atom is -0.370 e. The number of nitrogens with two attached hydrogens (primary N) is 2. The standard InChI is InChI=1S/C10H14F6N2O2/c11-9(12,13)3-1-8(7(18)20,5-6(17)19)2-4-10(14,15)16/h1-5H2,(H2,17,19)(H2,18,20). The van der Waals surface area contributed by atoms with Crippen molar-refractivity contribution in [2.75, 3.05) is 0 Å². The summed E-state index contributed by atoms with van der Waals surface area (Å²) in [5.74, 6) is -2.59. The van der Waals surface area contributed by atoms with Crippen molar-refractivity contribution >= 4 is 11.8 Å². The van der Waals surface area contributed by atoms with E-state index < -0.39 is 61.7 Å². The third-order valence-electron chi connectivity index (χ3n) is 2.81. The lowest BCUT2D eigenvalue weighted by atomic mass is 9.75. The Balaban J connectivity index is 5.14. The SMILES string of the molecule is NC(=O)CC(CCC(F)(F)F)(CCC(F)(F)F)C(N)=O. The van der Waals surface area contributed by atoms with E-state index in [9.17, 15) is 35.9 Å². The van der Waals surface area contributed by atoms with Gasteiger partial charge in [0.25, 0.3) is 0 Å². The second-order valence-electron chi connectivity index (χ2n) is 4.52. The molecule has 0 saturated heterocycles. The molecule has 0 rings (SSSR count). The molecule has 0 aliphatic rings. The Morgan fingerprint density at radius 1 is 0.750 bits per heavy atom. The van der Waals surface area contributed by atoms with E-state index in [1.807, 2.05) is 0 Å². The van der Waals surface area contributed by atoms with E-state index in [0.29, 0.717) is 0 Å². The minimum absolute atomic E-state index is 0.950. The predicted molar refractivity (Wildman–Crippen MR) is 56.0 cm³/mol. The van der Waals surface area contributed by atoms with Crippen molar-refractivity contribution in [1.29, 1.82) is 0 Å². The average Bonchev–Trinajstić information content (AvgIpc) is 2.19. The van der Waals surface area contributed by atoms with Crippen molar-refractivity contribution in [3.63, 3.8) is 0 Å². The molecule has 0 saturated carbocycles. The summed E-state index contributed by atoms with van der Waals surface area (Å²) in [5, 5.41) is 0. The van der Waals surface area contributed by atoms with Crippen molar-refractivity contribution in [1.82, 2.24) is 0 Å². The van der Waals surface area contributed by atoms with Gasteiger partial charge >= 0.3 is 12.4 Å². The molecule has 0 aliphatic carbocycles. The van der Waals surface area contributed by atoms with Gasteiger partial charge in [0, 0.05) is 19.3 Å². The fourth-order valence-electron chi connectivity index (χ4n) is 1.73. The Bertz CT molecular complexity index is 346. The van der Waals surface area contributed by atoms with Gasteiger partial charge in [0.1, 0.15) is 0 Å². The Kier molecular flexibility index (Phi) is 5.85. The number of halogens is 6. The van der Waals surface area contributed by atoms with Crippen molar-refractivity contribution in [2.45, 2.75) is 44.5 Å². The molecule has 4 nitrogen and oxygen atoms in total. The van der Waals surface area contributed by atoms with E-state index in [1.165, 1.54) is 0 Å². The second-order valence-corrected chi connectivity index (χ2v) is 4.52. The van der Waals surface area contributed by atoms with Crippen LogP contribution >= 0.6 is 0 Å². The second kappa shape index (κ2) is 6.31. The molecule has 10 heteroatoms. The van der Waals surface area contributed by atoms with Gasteiger partial charge in [0.15, 0.2) is 0 Å². The number of carbonyl (C=O) groups excluding carboxylic acids is 2. The highest BCUT2D eigenvalue weighted by atomic mass is 19.4. The molecule has 0 atom stereocenters. The number of amides is 2. The fourth-order valence-corrected chi connectivity index (χ4v) is 1.73. The van der Waals surface area contributed by atoms with Crippen LogP contribution in [0.1, 0.15) is 32.1 Å². The number of carbonyl (C=O) groups is 2. The quantitative estimate of drug-likeness (QED) is 0.705. The third kappa shape index (κ3) is 7.19. The van der Waals surface area contributed by atoms with Crippen LogP contribution in [0.15, 0.2) is 0 Å². The van der Waals surface area contributed by atoms with Crippen LogP contribution in [0.25, 0.3) is 0 Å². The van der Waals surface area contributed by atoms with E-state index in [2.05, 4.69) is 0 Å². The first-order valence-corrected chi connectivity index (χ1v) is 5.49. The van der Waals surface area contributed by atoms with Crippen LogP contribution in [0.2, 0.25) is 0 Å². The van der Waals surface area contributed by atoms with Gasteiger partial charge in [-0.3, -0.25) is 9.59 Å². The molecule has 0 aromatic heterocycles. The molecule has 0 aliphatic heterocycles. The maximum Gasteiger partial charge on any atom is 0.389 e. The summed E-state index contributed by atoms with van der Waals surface area (Å²) in [5.41, 5.74) is 7.44. The zero-order chi connectivity index (χ0) is 16.2. The first-order chi connectivity index (χ1) is 8.77. The molecule has 0 unspecified atom stereocenters. The summed E-state index contributed by atoms with van der Waals surface area (Å²) in [6, 6.07) is 0. The minimum atomic E-state index is -4.68. The number of rotatable bonds is 7. The molecule has 0 spiro atoms. The van der Waals surface area contributed by atoms with E-state index in [0.717, 1.165) is 0 Å². The Labute approximate surface area is 110 Å². The Hall–Kier alpha value is -1.48. The summed E-state index contributed by atoms with van der Waals surface area (Å²) in [6.45, 7) is 0. The summed E-state index contributed by atoms with van der Waals surface area (Å²) >= 11 is 0. The fraction of sp³-hybridized carbons (Fsp3) is 0.800. The highest BCUT2D eigenvalue weighted by Crippen LogP contribution is 2.40. The van der Waals surface area contributed by atoms with Gasteiger partial charge in [-0.1, -0.05) is 0 Å². The molecule has 0 aromatic carbocycles. The number of hydrogen-bond acceptors (Lipinski definition) is 2. The lowest BCUT2D eigenvalue weighted by molar-refractivity contribution is -0.158. The first kappa shape index (κ1) is 18.5. The molecule has 0 bridgehead atoms. The van der Waals surface area contributed by atoms with Crippen LogP contribution in [0.4, 0.5) is 26.3 Å². The molecule has 0 aromatic rings. The van der Waals surface area contributed by atoms with Gasteiger partial charge in [-0.25, -0.2) is 0 Å². The first-order valence-electron chi connectivity index (χ1n) is 5.49. The smallest absolute Gasteiger partial charge is 0.370 e. The van der Waals surface area contributed by atoms with E-state index in [1.54, 1.807) is 0 Å². The van der Waals surface area contributed by atoms with Gasteiger partial charge in [-0.05, 0) is 12.8 Å². The summed E-state index contributed by atoms with van der Waals surface area (Å²) in [6.07, 6.45) is -15.4.